The summed E-state index contributed by atoms with van der Waals surface area (Å²) in [5.74, 6) is 0. The average Bonchev–Trinajstić information content (AvgIpc) is 3.48. The maximum absolute atomic E-state index is 13.9. The Bertz CT molecular complexity index is 2110. The minimum Gasteiger partial charge on any atom is -0.455 e. The minimum atomic E-state index is -0.382. The van der Waals surface area contributed by atoms with E-state index < -0.39 is 0 Å². The number of hydrogen-bond acceptors (Lipinski definition) is 4. The Morgan fingerprint density at radius 2 is 1.00 bits per heavy atom. The zero-order chi connectivity index (χ0) is 23.3. The van der Waals surface area contributed by atoms with Crippen molar-refractivity contribution < 1.29 is 8.83 Å². The molecule has 4 aromatic carbocycles. The van der Waals surface area contributed by atoms with Gasteiger partial charge >= 0.3 is 0 Å². The van der Waals surface area contributed by atoms with Crippen molar-refractivity contribution in [3.8, 4) is 11.1 Å². The van der Waals surface area contributed by atoms with Gasteiger partial charge in [0.1, 0.15) is 22.3 Å². The van der Waals surface area contributed by atoms with Crippen LogP contribution in [-0.4, -0.2) is 4.40 Å². The van der Waals surface area contributed by atoms with Crippen LogP contribution in [0.25, 0.3) is 71.3 Å². The Labute approximate surface area is 196 Å². The van der Waals surface area contributed by atoms with Crippen LogP contribution in [0.3, 0.4) is 0 Å². The first-order valence-corrected chi connectivity index (χ1v) is 11.4. The summed E-state index contributed by atoms with van der Waals surface area (Å²) >= 11 is 0. The second-order valence-corrected chi connectivity index (χ2v) is 8.84. The highest BCUT2D eigenvalue weighted by atomic mass is 16.3. The van der Waals surface area contributed by atoms with Crippen molar-refractivity contribution in [2.75, 3.05) is 0 Å². The van der Waals surface area contributed by atoms with Gasteiger partial charge in [0.25, 0.3) is 11.1 Å². The molecule has 0 amide bonds. The van der Waals surface area contributed by atoms with Gasteiger partial charge in [0, 0.05) is 21.5 Å². The van der Waals surface area contributed by atoms with Gasteiger partial charge in [-0.05, 0) is 35.4 Å². The first-order valence-electron chi connectivity index (χ1n) is 11.4. The van der Waals surface area contributed by atoms with Crippen LogP contribution < -0.4 is 11.1 Å². The van der Waals surface area contributed by atoms with E-state index in [4.69, 9.17) is 8.83 Å². The summed E-state index contributed by atoms with van der Waals surface area (Å²) in [4.78, 5) is 27.8. The number of pyridine rings is 2. The van der Waals surface area contributed by atoms with Crippen molar-refractivity contribution in [2.24, 2.45) is 0 Å². The third-order valence-corrected chi connectivity index (χ3v) is 6.95. The highest BCUT2D eigenvalue weighted by Gasteiger charge is 2.24. The van der Waals surface area contributed by atoms with E-state index in [0.29, 0.717) is 60.2 Å². The lowest BCUT2D eigenvalue weighted by Gasteiger charge is -2.11. The number of fused-ring (bicyclic) bond motifs is 8. The molecule has 0 aliphatic rings. The molecule has 0 bridgehead atoms. The second kappa shape index (κ2) is 6.36. The molecule has 0 atom stereocenters. The summed E-state index contributed by atoms with van der Waals surface area (Å²) in [6, 6.07) is 28.9. The third kappa shape index (κ3) is 2.27. The minimum absolute atomic E-state index is 0.382. The van der Waals surface area contributed by atoms with Crippen LogP contribution in [0.4, 0.5) is 0 Å². The second-order valence-electron chi connectivity index (χ2n) is 8.84. The van der Waals surface area contributed by atoms with Crippen LogP contribution in [-0.2, 0) is 0 Å². The largest absolute Gasteiger partial charge is 0.455 e. The predicted molar refractivity (Wildman–Crippen MR) is 139 cm³/mol. The van der Waals surface area contributed by atoms with E-state index in [1.54, 1.807) is 0 Å². The first kappa shape index (κ1) is 18.5. The van der Waals surface area contributed by atoms with Crippen molar-refractivity contribution in [3.05, 3.63) is 112 Å². The van der Waals surface area contributed by atoms with Crippen molar-refractivity contribution in [1.29, 1.82) is 0 Å². The van der Waals surface area contributed by atoms with Crippen LogP contribution in [0, 0.1) is 0 Å². The number of aromatic nitrogens is 1. The average molecular weight is 453 g/mol. The van der Waals surface area contributed by atoms with Gasteiger partial charge in [-0.1, -0.05) is 66.7 Å². The van der Waals surface area contributed by atoms with Gasteiger partial charge in [-0.15, -0.1) is 0 Å². The fourth-order valence-electron chi connectivity index (χ4n) is 5.43. The molecular formula is C30H15NO4. The van der Waals surface area contributed by atoms with Crippen LogP contribution >= 0.6 is 0 Å². The summed E-state index contributed by atoms with van der Waals surface area (Å²) in [6.07, 6.45) is 0. The lowest BCUT2D eigenvalue weighted by atomic mass is 9.98. The molecule has 8 aromatic rings. The van der Waals surface area contributed by atoms with Crippen LogP contribution in [0.1, 0.15) is 0 Å². The Hall–Kier alpha value is -4.90. The molecule has 8 rings (SSSR count). The molecule has 4 heterocycles. The SMILES string of the molecule is O=c1c2c3ccccc3oc2c2cc(-c3ccccc3)cc3c4oc5ccccc5c4c(=O)n1c23. The molecule has 164 valence electrons. The maximum Gasteiger partial charge on any atom is 0.269 e. The number of benzene rings is 4. The Kier molecular flexibility index (Phi) is 3.37. The van der Waals surface area contributed by atoms with Crippen LogP contribution in [0.5, 0.6) is 0 Å². The standard InChI is InChI=1S/C30H15NO4/c32-29-24-18-10-4-6-12-22(18)34-27(24)20-14-17(16-8-2-1-3-9-16)15-21-26(20)31(29)30(33)25-19-11-5-7-13-23(19)35-28(21)25/h1-15H. The smallest absolute Gasteiger partial charge is 0.269 e. The topological polar surface area (TPSA) is 64.8 Å². The number of hydrogen-bond donors (Lipinski definition) is 0. The van der Waals surface area contributed by atoms with E-state index in [2.05, 4.69) is 0 Å². The number of rotatable bonds is 1. The van der Waals surface area contributed by atoms with Gasteiger partial charge < -0.3 is 8.83 Å². The number of para-hydroxylation sites is 2. The maximum atomic E-state index is 13.9. The Morgan fingerprint density at radius 3 is 1.54 bits per heavy atom. The molecule has 4 aromatic heterocycles. The number of furan rings is 2. The van der Waals surface area contributed by atoms with Crippen molar-refractivity contribution >= 4 is 60.2 Å². The van der Waals surface area contributed by atoms with Crippen molar-refractivity contribution in [3.63, 3.8) is 0 Å². The van der Waals surface area contributed by atoms with Crippen molar-refractivity contribution in [2.45, 2.75) is 0 Å². The Morgan fingerprint density at radius 1 is 0.514 bits per heavy atom. The molecule has 0 N–H and O–H groups in total. The van der Waals surface area contributed by atoms with Gasteiger partial charge in [0.15, 0.2) is 0 Å². The van der Waals surface area contributed by atoms with E-state index in [9.17, 15) is 9.59 Å². The zero-order valence-electron chi connectivity index (χ0n) is 18.2. The van der Waals surface area contributed by atoms with E-state index in [0.717, 1.165) is 11.1 Å². The highest BCUT2D eigenvalue weighted by molar-refractivity contribution is 6.23. The highest BCUT2D eigenvalue weighted by Crippen LogP contribution is 2.39. The molecule has 0 fully saturated rings. The molecule has 0 aliphatic heterocycles. The summed E-state index contributed by atoms with van der Waals surface area (Å²) < 4.78 is 13.8. The molecule has 0 spiro atoms. The van der Waals surface area contributed by atoms with Crippen LogP contribution in [0.2, 0.25) is 0 Å². The summed E-state index contributed by atoms with van der Waals surface area (Å²) in [5.41, 5.74) is 3.89. The van der Waals surface area contributed by atoms with Gasteiger partial charge in [-0.25, -0.2) is 4.40 Å². The molecular weight excluding hydrogens is 438 g/mol. The zero-order valence-corrected chi connectivity index (χ0v) is 18.2. The van der Waals surface area contributed by atoms with E-state index in [-0.39, 0.29) is 11.1 Å². The summed E-state index contributed by atoms with van der Waals surface area (Å²) in [5, 5.41) is 3.61. The monoisotopic (exact) mass is 453 g/mol. The van der Waals surface area contributed by atoms with Gasteiger partial charge in [-0.2, -0.15) is 0 Å². The van der Waals surface area contributed by atoms with Gasteiger partial charge in [0.05, 0.1) is 16.3 Å². The number of nitrogens with zero attached hydrogens (tertiary/aromatic N) is 1. The molecule has 0 unspecified atom stereocenters. The third-order valence-electron chi connectivity index (χ3n) is 6.95. The quantitative estimate of drug-likeness (QED) is 0.277. The molecule has 0 saturated heterocycles. The lowest BCUT2D eigenvalue weighted by molar-refractivity contribution is 0.671. The molecule has 5 nitrogen and oxygen atoms in total. The van der Waals surface area contributed by atoms with Crippen molar-refractivity contribution in [1.82, 2.24) is 4.40 Å². The summed E-state index contributed by atoms with van der Waals surface area (Å²) in [6.45, 7) is 0. The lowest BCUT2D eigenvalue weighted by Crippen LogP contribution is -2.27. The van der Waals surface area contributed by atoms with E-state index in [1.807, 2.05) is 91.0 Å². The normalized spacial score (nSPS) is 12.2. The van der Waals surface area contributed by atoms with E-state index in [1.165, 1.54) is 4.40 Å². The fraction of sp³-hybridized carbons (Fsp3) is 0. The molecule has 0 saturated carbocycles. The summed E-state index contributed by atoms with van der Waals surface area (Å²) in [7, 11) is 0. The fourth-order valence-corrected chi connectivity index (χ4v) is 5.43. The molecule has 0 aliphatic carbocycles. The van der Waals surface area contributed by atoms with Gasteiger partial charge in [-0.3, -0.25) is 9.59 Å². The molecule has 0 radical (unpaired) electrons. The Balaban J connectivity index is 1.75. The van der Waals surface area contributed by atoms with Crippen LogP contribution in [0.15, 0.2) is 109 Å². The molecule has 5 heteroatoms. The molecule has 35 heavy (non-hydrogen) atoms. The van der Waals surface area contributed by atoms with E-state index >= 15 is 0 Å². The van der Waals surface area contributed by atoms with Gasteiger partial charge in [0.2, 0.25) is 0 Å². The first-order chi connectivity index (χ1) is 17.2. The predicted octanol–water partition coefficient (Wildman–Crippen LogP) is 6.72.